The molecule has 0 aliphatic carbocycles. The van der Waals surface area contributed by atoms with Gasteiger partial charge in [-0.05, 0) is 42.5 Å². The second-order valence-corrected chi connectivity index (χ2v) is 6.46. The molecule has 0 saturated carbocycles. The van der Waals surface area contributed by atoms with Crippen LogP contribution in [-0.4, -0.2) is 30.3 Å². The molecular formula is C23H19NO6. The number of para-hydroxylation sites is 2. The standard InChI is InChI=1S/C23H19NO6/c1-27-15-9-7-14(8-10-15)21(23(25)26)29-19-12-11-16(28-2)13-17(19)22-24-18-5-3-4-6-20(18)30-22/h3-13,21H,1-2H3,(H,25,26). The molecule has 0 aliphatic rings. The molecular weight excluding hydrogens is 386 g/mol. The van der Waals surface area contributed by atoms with Gasteiger partial charge in [-0.1, -0.05) is 24.3 Å². The fraction of sp³-hybridized carbons (Fsp3) is 0.130. The molecule has 4 rings (SSSR count). The summed E-state index contributed by atoms with van der Waals surface area (Å²) in [5.74, 6) is 0.685. The summed E-state index contributed by atoms with van der Waals surface area (Å²) in [7, 11) is 3.09. The van der Waals surface area contributed by atoms with Gasteiger partial charge >= 0.3 is 5.97 Å². The zero-order valence-corrected chi connectivity index (χ0v) is 16.4. The van der Waals surface area contributed by atoms with Crippen LogP contribution in [-0.2, 0) is 4.79 Å². The predicted molar refractivity (Wildman–Crippen MR) is 110 cm³/mol. The van der Waals surface area contributed by atoms with Gasteiger partial charge in [-0.2, -0.15) is 0 Å². The number of fused-ring (bicyclic) bond motifs is 1. The number of carboxylic acid groups (broad SMARTS) is 1. The SMILES string of the molecule is COc1ccc(C(Oc2ccc(OC)cc2-c2nc3ccccc3o2)C(=O)O)cc1. The zero-order valence-electron chi connectivity index (χ0n) is 16.4. The molecule has 0 fully saturated rings. The molecule has 1 aromatic heterocycles. The van der Waals surface area contributed by atoms with Gasteiger partial charge in [0.2, 0.25) is 12.0 Å². The minimum Gasteiger partial charge on any atom is -0.497 e. The number of carbonyl (C=O) groups is 1. The average molecular weight is 405 g/mol. The van der Waals surface area contributed by atoms with Gasteiger partial charge in [0.05, 0.1) is 19.8 Å². The number of benzene rings is 3. The lowest BCUT2D eigenvalue weighted by Gasteiger charge is -2.18. The van der Waals surface area contributed by atoms with E-state index in [1.165, 1.54) is 0 Å². The Morgan fingerprint density at radius 2 is 1.67 bits per heavy atom. The van der Waals surface area contributed by atoms with E-state index in [0.717, 1.165) is 0 Å². The molecule has 0 radical (unpaired) electrons. The molecule has 0 spiro atoms. The summed E-state index contributed by atoms with van der Waals surface area (Å²) >= 11 is 0. The Morgan fingerprint density at radius 3 is 2.33 bits per heavy atom. The Labute approximate surface area is 172 Å². The van der Waals surface area contributed by atoms with E-state index >= 15 is 0 Å². The van der Waals surface area contributed by atoms with Gasteiger partial charge in [-0.25, -0.2) is 9.78 Å². The fourth-order valence-electron chi connectivity index (χ4n) is 3.06. The molecule has 0 aliphatic heterocycles. The van der Waals surface area contributed by atoms with Crippen molar-refractivity contribution in [2.45, 2.75) is 6.10 Å². The number of hydrogen-bond donors (Lipinski definition) is 1. The van der Waals surface area contributed by atoms with E-state index in [4.69, 9.17) is 18.6 Å². The first-order chi connectivity index (χ1) is 14.6. The molecule has 0 saturated heterocycles. The first-order valence-electron chi connectivity index (χ1n) is 9.16. The number of oxazole rings is 1. The summed E-state index contributed by atoms with van der Waals surface area (Å²) in [6.07, 6.45) is -1.23. The van der Waals surface area contributed by atoms with Crippen LogP contribution in [0.3, 0.4) is 0 Å². The van der Waals surface area contributed by atoms with E-state index in [1.54, 1.807) is 56.7 Å². The van der Waals surface area contributed by atoms with E-state index in [-0.39, 0.29) is 0 Å². The highest BCUT2D eigenvalue weighted by molar-refractivity contribution is 5.79. The molecule has 3 aromatic carbocycles. The molecule has 152 valence electrons. The Hall–Kier alpha value is -4.00. The lowest BCUT2D eigenvalue weighted by molar-refractivity contribution is -0.145. The number of aliphatic carboxylic acids is 1. The minimum absolute atomic E-state index is 0.309. The van der Waals surface area contributed by atoms with E-state index in [0.29, 0.717) is 45.4 Å². The van der Waals surface area contributed by atoms with Gasteiger partial charge in [0.15, 0.2) is 5.58 Å². The quantitative estimate of drug-likeness (QED) is 0.476. The van der Waals surface area contributed by atoms with Crippen molar-refractivity contribution in [3.05, 3.63) is 72.3 Å². The highest BCUT2D eigenvalue weighted by Crippen LogP contribution is 2.37. The molecule has 1 N–H and O–H groups in total. The smallest absolute Gasteiger partial charge is 0.349 e. The van der Waals surface area contributed by atoms with Crippen LogP contribution in [0.2, 0.25) is 0 Å². The summed E-state index contributed by atoms with van der Waals surface area (Å²) in [4.78, 5) is 16.5. The average Bonchev–Trinajstić information content (AvgIpc) is 3.21. The Bertz CT molecular complexity index is 1150. The van der Waals surface area contributed by atoms with Crippen molar-refractivity contribution in [2.24, 2.45) is 0 Å². The van der Waals surface area contributed by atoms with E-state index < -0.39 is 12.1 Å². The minimum atomic E-state index is -1.23. The van der Waals surface area contributed by atoms with E-state index in [1.807, 2.05) is 24.3 Å². The monoisotopic (exact) mass is 405 g/mol. The number of aromatic nitrogens is 1. The van der Waals surface area contributed by atoms with Crippen LogP contribution in [0.15, 0.2) is 71.1 Å². The van der Waals surface area contributed by atoms with Crippen LogP contribution in [0.25, 0.3) is 22.6 Å². The third kappa shape index (κ3) is 3.77. The topological polar surface area (TPSA) is 91.0 Å². The first-order valence-corrected chi connectivity index (χ1v) is 9.16. The van der Waals surface area contributed by atoms with Gasteiger partial charge in [0.1, 0.15) is 22.8 Å². The van der Waals surface area contributed by atoms with Crippen molar-refractivity contribution in [1.29, 1.82) is 0 Å². The first kappa shape index (κ1) is 19.3. The van der Waals surface area contributed by atoms with Gasteiger partial charge < -0.3 is 23.7 Å². The molecule has 30 heavy (non-hydrogen) atoms. The molecule has 7 nitrogen and oxygen atoms in total. The van der Waals surface area contributed by atoms with Crippen LogP contribution < -0.4 is 14.2 Å². The number of carboxylic acids is 1. The van der Waals surface area contributed by atoms with Crippen molar-refractivity contribution in [3.63, 3.8) is 0 Å². The number of ether oxygens (including phenoxy) is 3. The maximum absolute atomic E-state index is 12.0. The number of nitrogens with zero attached hydrogens (tertiary/aromatic N) is 1. The Kier molecular flexibility index (Phi) is 5.26. The molecule has 4 aromatic rings. The molecule has 1 atom stereocenters. The predicted octanol–water partition coefficient (Wildman–Crippen LogP) is 4.72. The van der Waals surface area contributed by atoms with Crippen molar-refractivity contribution in [2.75, 3.05) is 14.2 Å². The molecule has 0 bridgehead atoms. The summed E-state index contributed by atoms with van der Waals surface area (Å²) in [5.41, 5.74) is 2.27. The van der Waals surface area contributed by atoms with Crippen molar-refractivity contribution in [3.8, 4) is 28.7 Å². The van der Waals surface area contributed by atoms with Crippen molar-refractivity contribution in [1.82, 2.24) is 4.98 Å². The summed E-state index contributed by atoms with van der Waals surface area (Å²) < 4.78 is 22.2. The van der Waals surface area contributed by atoms with Gasteiger partial charge in [-0.3, -0.25) is 0 Å². The summed E-state index contributed by atoms with van der Waals surface area (Å²) in [6, 6.07) is 19.1. The third-order valence-corrected chi connectivity index (χ3v) is 4.60. The van der Waals surface area contributed by atoms with Crippen LogP contribution in [0.5, 0.6) is 17.2 Å². The Balaban J connectivity index is 1.76. The maximum Gasteiger partial charge on any atom is 0.349 e. The largest absolute Gasteiger partial charge is 0.497 e. The van der Waals surface area contributed by atoms with Gasteiger partial charge in [-0.15, -0.1) is 0 Å². The second-order valence-electron chi connectivity index (χ2n) is 6.46. The molecule has 7 heteroatoms. The van der Waals surface area contributed by atoms with Gasteiger partial charge in [0.25, 0.3) is 0 Å². The molecule has 1 unspecified atom stereocenters. The highest BCUT2D eigenvalue weighted by atomic mass is 16.5. The third-order valence-electron chi connectivity index (χ3n) is 4.60. The lowest BCUT2D eigenvalue weighted by atomic mass is 10.1. The summed E-state index contributed by atoms with van der Waals surface area (Å²) in [5, 5.41) is 9.77. The van der Waals surface area contributed by atoms with Crippen molar-refractivity contribution < 1.29 is 28.5 Å². The van der Waals surface area contributed by atoms with Crippen LogP contribution in [0.4, 0.5) is 0 Å². The lowest BCUT2D eigenvalue weighted by Crippen LogP contribution is -2.18. The number of rotatable bonds is 7. The fourth-order valence-corrected chi connectivity index (χ4v) is 3.06. The van der Waals surface area contributed by atoms with Crippen LogP contribution >= 0.6 is 0 Å². The normalized spacial score (nSPS) is 11.8. The Morgan fingerprint density at radius 1 is 0.967 bits per heavy atom. The summed E-state index contributed by atoms with van der Waals surface area (Å²) in [6.45, 7) is 0. The highest BCUT2D eigenvalue weighted by Gasteiger charge is 2.25. The molecule has 0 amide bonds. The van der Waals surface area contributed by atoms with E-state index in [9.17, 15) is 9.90 Å². The van der Waals surface area contributed by atoms with Crippen LogP contribution in [0.1, 0.15) is 11.7 Å². The second kappa shape index (κ2) is 8.16. The van der Waals surface area contributed by atoms with E-state index in [2.05, 4.69) is 4.98 Å². The van der Waals surface area contributed by atoms with Crippen molar-refractivity contribution >= 4 is 17.1 Å². The zero-order chi connectivity index (χ0) is 21.1. The maximum atomic E-state index is 12.0. The van der Waals surface area contributed by atoms with Gasteiger partial charge in [0, 0.05) is 5.56 Å². The molecule has 1 heterocycles. The number of hydrogen-bond acceptors (Lipinski definition) is 6. The number of methoxy groups -OCH3 is 2. The van der Waals surface area contributed by atoms with Crippen LogP contribution in [0, 0.1) is 0 Å².